The Bertz CT molecular complexity index is 1110. The van der Waals surface area contributed by atoms with E-state index in [-0.39, 0.29) is 6.04 Å². The number of carbonyl (C=O) groups excluding carboxylic acids is 1. The van der Waals surface area contributed by atoms with Gasteiger partial charge in [-0.25, -0.2) is 4.98 Å². The highest BCUT2D eigenvalue weighted by atomic mass is 32.1. The highest BCUT2D eigenvalue weighted by Crippen LogP contribution is 2.28. The van der Waals surface area contributed by atoms with Crippen LogP contribution in [0, 0.1) is 0 Å². The number of nitrogens with one attached hydrogen (secondary N) is 1. The molecule has 3 atom stereocenters. The van der Waals surface area contributed by atoms with E-state index in [1.807, 2.05) is 72.8 Å². The number of hydrogen-bond acceptors (Lipinski definition) is 5. The van der Waals surface area contributed by atoms with E-state index in [0.717, 1.165) is 28.6 Å². The van der Waals surface area contributed by atoms with E-state index in [9.17, 15) is 15.0 Å². The van der Waals surface area contributed by atoms with Gasteiger partial charge in [0.1, 0.15) is 11.1 Å². The van der Waals surface area contributed by atoms with Crippen LogP contribution in [0.4, 0.5) is 0 Å². The molecule has 5 nitrogen and oxygen atoms in total. The van der Waals surface area contributed by atoms with Crippen LogP contribution in [0.25, 0.3) is 10.2 Å². The summed E-state index contributed by atoms with van der Waals surface area (Å²) in [4.78, 5) is 17.2. The van der Waals surface area contributed by atoms with Crippen molar-refractivity contribution >= 4 is 27.5 Å². The monoisotopic (exact) mass is 446 g/mol. The fourth-order valence-corrected chi connectivity index (χ4v) is 4.70. The molecule has 0 spiro atoms. The second-order valence-electron chi connectivity index (χ2n) is 7.76. The number of fused-ring (bicyclic) bond motifs is 1. The summed E-state index contributed by atoms with van der Waals surface area (Å²) in [6.07, 6.45) is -0.490. The van der Waals surface area contributed by atoms with Crippen LogP contribution >= 0.6 is 11.3 Å². The fourth-order valence-electron chi connectivity index (χ4n) is 3.71. The van der Waals surface area contributed by atoms with Crippen molar-refractivity contribution in [2.45, 2.75) is 37.5 Å². The number of aromatic nitrogens is 1. The van der Waals surface area contributed by atoms with Gasteiger partial charge in [-0.3, -0.25) is 4.79 Å². The summed E-state index contributed by atoms with van der Waals surface area (Å²) in [7, 11) is 0. The van der Waals surface area contributed by atoms with Crippen LogP contribution in [0.3, 0.4) is 0 Å². The third-order valence-electron chi connectivity index (χ3n) is 5.45. The van der Waals surface area contributed by atoms with E-state index in [1.165, 1.54) is 16.9 Å². The highest BCUT2D eigenvalue weighted by Gasteiger charge is 2.30. The van der Waals surface area contributed by atoms with Gasteiger partial charge in [-0.05, 0) is 42.5 Å². The molecule has 0 aliphatic heterocycles. The van der Waals surface area contributed by atoms with Crippen molar-refractivity contribution in [3.8, 4) is 0 Å². The average molecular weight is 447 g/mol. The van der Waals surface area contributed by atoms with Crippen molar-refractivity contribution in [2.75, 3.05) is 0 Å². The van der Waals surface area contributed by atoms with Crippen LogP contribution in [0.5, 0.6) is 0 Å². The molecule has 3 aromatic carbocycles. The molecular formula is C26H26N2O3S. The third-order valence-corrected chi connectivity index (χ3v) is 6.56. The number of nitrogens with zero attached hydrogens (tertiary/aromatic N) is 1. The van der Waals surface area contributed by atoms with Gasteiger partial charge in [0.15, 0.2) is 6.10 Å². The van der Waals surface area contributed by atoms with Gasteiger partial charge in [0.25, 0.3) is 5.91 Å². The Kier molecular flexibility index (Phi) is 7.27. The van der Waals surface area contributed by atoms with Crippen LogP contribution in [0.2, 0.25) is 0 Å². The Hall–Kier alpha value is -3.06. The highest BCUT2D eigenvalue weighted by molar-refractivity contribution is 7.18. The molecular weight excluding hydrogens is 420 g/mol. The number of aryl methyl sites for hydroxylation is 1. The zero-order chi connectivity index (χ0) is 22.3. The molecule has 0 radical (unpaired) electrons. The van der Waals surface area contributed by atoms with E-state index in [0.29, 0.717) is 11.4 Å². The van der Waals surface area contributed by atoms with Crippen LogP contribution < -0.4 is 5.32 Å². The molecule has 0 aliphatic carbocycles. The zero-order valence-corrected chi connectivity index (χ0v) is 18.4. The molecule has 0 saturated heterocycles. The number of aliphatic hydroxyl groups excluding tert-OH is 2. The van der Waals surface area contributed by atoms with Crippen molar-refractivity contribution in [1.82, 2.24) is 10.3 Å². The van der Waals surface area contributed by atoms with E-state index >= 15 is 0 Å². The topological polar surface area (TPSA) is 82.5 Å². The van der Waals surface area contributed by atoms with E-state index in [1.54, 1.807) is 0 Å². The largest absolute Gasteiger partial charge is 0.383 e. The van der Waals surface area contributed by atoms with Gasteiger partial charge in [-0.15, -0.1) is 11.3 Å². The smallest absolute Gasteiger partial charge is 0.252 e. The fraction of sp³-hybridized carbons (Fsp3) is 0.231. The van der Waals surface area contributed by atoms with Gasteiger partial charge in [-0.1, -0.05) is 72.8 Å². The van der Waals surface area contributed by atoms with Gasteiger partial charge < -0.3 is 15.5 Å². The molecule has 0 bridgehead atoms. The number of carbonyl (C=O) groups is 1. The zero-order valence-electron chi connectivity index (χ0n) is 17.6. The molecule has 3 unspecified atom stereocenters. The van der Waals surface area contributed by atoms with Gasteiger partial charge in [0.2, 0.25) is 0 Å². The predicted octanol–water partition coefficient (Wildman–Crippen LogP) is 4.57. The summed E-state index contributed by atoms with van der Waals surface area (Å²) in [5.41, 5.74) is 2.95. The quantitative estimate of drug-likeness (QED) is 0.352. The second kappa shape index (κ2) is 10.5. The maximum Gasteiger partial charge on any atom is 0.252 e. The summed E-state index contributed by atoms with van der Waals surface area (Å²) < 4.78 is 0.900. The first-order chi connectivity index (χ1) is 15.6. The lowest BCUT2D eigenvalue weighted by Gasteiger charge is -2.22. The molecule has 4 rings (SSSR count). The minimum atomic E-state index is -1.60. The standard InChI is InChI=1S/C26H26N2O3S/c29-23(24(30)26-28-21-15-7-8-17-22(21)32-26)25(31)27-20(19-13-5-2-6-14-19)16-9-12-18-10-3-1-4-11-18/h1-8,10-11,13-15,17,20,23-24,29-30H,9,12,16H2,(H,27,31). The molecule has 0 saturated carbocycles. The number of aliphatic hydroxyl groups is 2. The van der Waals surface area contributed by atoms with E-state index < -0.39 is 18.1 Å². The van der Waals surface area contributed by atoms with Crippen molar-refractivity contribution in [2.24, 2.45) is 0 Å². The molecule has 1 amide bonds. The SMILES string of the molecule is O=C(NC(CCCc1ccccc1)c1ccccc1)C(O)C(O)c1nc2ccccc2s1. The number of benzene rings is 3. The third kappa shape index (κ3) is 5.40. The van der Waals surface area contributed by atoms with E-state index in [2.05, 4.69) is 22.4 Å². The van der Waals surface area contributed by atoms with Crippen molar-refractivity contribution in [3.05, 3.63) is 101 Å². The van der Waals surface area contributed by atoms with E-state index in [4.69, 9.17) is 0 Å². The number of hydrogen-bond donors (Lipinski definition) is 3. The predicted molar refractivity (Wildman–Crippen MR) is 127 cm³/mol. The first-order valence-electron chi connectivity index (χ1n) is 10.7. The number of para-hydroxylation sites is 1. The summed E-state index contributed by atoms with van der Waals surface area (Å²) in [5, 5.41) is 24.4. The first kappa shape index (κ1) is 22.1. The number of amides is 1. The van der Waals surface area contributed by atoms with Gasteiger partial charge in [0, 0.05) is 0 Å². The molecule has 1 heterocycles. The average Bonchev–Trinajstić information content (AvgIpc) is 3.28. The summed E-state index contributed by atoms with van der Waals surface area (Å²) in [6.45, 7) is 0. The van der Waals surface area contributed by atoms with Crippen LogP contribution in [0.1, 0.15) is 41.1 Å². The van der Waals surface area contributed by atoms with Crippen molar-refractivity contribution < 1.29 is 15.0 Å². The lowest BCUT2D eigenvalue weighted by molar-refractivity contribution is -0.136. The Labute approximate surface area is 191 Å². The van der Waals surface area contributed by atoms with Crippen LogP contribution in [0.15, 0.2) is 84.9 Å². The molecule has 4 aromatic rings. The Morgan fingerprint density at radius 2 is 1.56 bits per heavy atom. The summed E-state index contributed by atoms with van der Waals surface area (Å²) in [5.74, 6) is -0.606. The number of rotatable bonds is 9. The summed E-state index contributed by atoms with van der Waals surface area (Å²) in [6, 6.07) is 27.2. The Morgan fingerprint density at radius 1 is 0.906 bits per heavy atom. The number of thiazole rings is 1. The first-order valence-corrected chi connectivity index (χ1v) is 11.5. The Balaban J connectivity index is 1.43. The Morgan fingerprint density at radius 3 is 2.28 bits per heavy atom. The molecule has 6 heteroatoms. The van der Waals surface area contributed by atoms with Crippen LogP contribution in [-0.2, 0) is 11.2 Å². The normalized spacial score (nSPS) is 14.1. The second-order valence-corrected chi connectivity index (χ2v) is 8.82. The lowest BCUT2D eigenvalue weighted by atomic mass is 9.98. The molecule has 164 valence electrons. The molecule has 0 fully saturated rings. The minimum absolute atomic E-state index is 0.260. The van der Waals surface area contributed by atoms with Gasteiger partial charge >= 0.3 is 0 Å². The van der Waals surface area contributed by atoms with Crippen molar-refractivity contribution in [3.63, 3.8) is 0 Å². The molecule has 0 aliphatic rings. The summed E-state index contributed by atoms with van der Waals surface area (Å²) >= 11 is 1.28. The molecule has 3 N–H and O–H groups in total. The maximum absolute atomic E-state index is 12.8. The molecule has 32 heavy (non-hydrogen) atoms. The van der Waals surface area contributed by atoms with Gasteiger partial charge in [-0.2, -0.15) is 0 Å². The molecule has 1 aromatic heterocycles. The van der Waals surface area contributed by atoms with Gasteiger partial charge in [0.05, 0.1) is 16.3 Å². The minimum Gasteiger partial charge on any atom is -0.383 e. The maximum atomic E-state index is 12.8. The lowest BCUT2D eigenvalue weighted by Crippen LogP contribution is -2.40. The van der Waals surface area contributed by atoms with Crippen molar-refractivity contribution in [1.29, 1.82) is 0 Å². The van der Waals surface area contributed by atoms with Crippen LogP contribution in [-0.4, -0.2) is 27.2 Å².